The lowest BCUT2D eigenvalue weighted by Gasteiger charge is -2.18. The number of hydrogen-bond donors (Lipinski definition) is 0. The first-order valence-electron chi connectivity index (χ1n) is 6.05. The van der Waals surface area contributed by atoms with Gasteiger partial charge in [0.1, 0.15) is 5.78 Å². The summed E-state index contributed by atoms with van der Waals surface area (Å²) in [4.78, 5) is 11.1. The zero-order chi connectivity index (χ0) is 11.3. The summed E-state index contributed by atoms with van der Waals surface area (Å²) in [5.41, 5.74) is 1.12. The van der Waals surface area contributed by atoms with Gasteiger partial charge in [-0.2, -0.15) is 0 Å². The maximum atomic E-state index is 11.1. The van der Waals surface area contributed by atoms with Crippen LogP contribution in [0.5, 0.6) is 0 Å². The molecule has 0 N–H and O–H groups in total. The minimum Gasteiger partial charge on any atom is -0.300 e. The molecule has 1 nitrogen and oxygen atoms in total. The molecule has 1 fully saturated rings. The second kappa shape index (κ2) is 2.96. The van der Waals surface area contributed by atoms with E-state index in [-0.39, 0.29) is 0 Å². The zero-order valence-electron chi connectivity index (χ0n) is 10.4. The summed E-state index contributed by atoms with van der Waals surface area (Å²) in [5, 5.41) is 0. The van der Waals surface area contributed by atoms with Crippen LogP contribution in [0.3, 0.4) is 0 Å². The summed E-state index contributed by atoms with van der Waals surface area (Å²) in [6, 6.07) is 0. The summed E-state index contributed by atoms with van der Waals surface area (Å²) in [5.74, 6) is 0.330. The molecule has 0 aromatic carbocycles. The van der Waals surface area contributed by atoms with E-state index in [1.54, 1.807) is 6.92 Å². The zero-order valence-corrected chi connectivity index (χ0v) is 10.4. The highest BCUT2D eigenvalue weighted by atomic mass is 16.1. The third kappa shape index (κ3) is 1.12. The first-order chi connectivity index (χ1) is 6.87. The molecule has 2 aliphatic rings. The highest BCUT2D eigenvalue weighted by Crippen LogP contribution is 2.83. The fraction of sp³-hybridized carbons (Fsp3) is 0.786. The highest BCUT2D eigenvalue weighted by Gasteiger charge is 2.77. The van der Waals surface area contributed by atoms with Gasteiger partial charge in [-0.3, -0.25) is 0 Å². The number of hydrogen-bond acceptors (Lipinski definition) is 1. The van der Waals surface area contributed by atoms with E-state index in [9.17, 15) is 4.79 Å². The fourth-order valence-electron chi connectivity index (χ4n) is 3.91. The van der Waals surface area contributed by atoms with Gasteiger partial charge in [0.25, 0.3) is 0 Å². The summed E-state index contributed by atoms with van der Waals surface area (Å²) in [7, 11) is 0. The predicted molar refractivity (Wildman–Crippen MR) is 62.6 cm³/mol. The Morgan fingerprint density at radius 3 is 2.47 bits per heavy atom. The molecule has 0 bridgehead atoms. The first kappa shape index (κ1) is 10.9. The molecule has 3 atom stereocenters. The molecular weight excluding hydrogens is 184 g/mol. The van der Waals surface area contributed by atoms with Crippen molar-refractivity contribution in [2.75, 3.05) is 0 Å². The van der Waals surface area contributed by atoms with Gasteiger partial charge in [0.2, 0.25) is 0 Å². The Morgan fingerprint density at radius 1 is 1.33 bits per heavy atom. The molecule has 2 aliphatic carbocycles. The van der Waals surface area contributed by atoms with Gasteiger partial charge in [0.05, 0.1) is 0 Å². The van der Waals surface area contributed by atoms with Gasteiger partial charge in [-0.25, -0.2) is 0 Å². The molecule has 0 unspecified atom stereocenters. The monoisotopic (exact) mass is 206 g/mol. The minimum atomic E-state index is 0.330. The van der Waals surface area contributed by atoms with Crippen molar-refractivity contribution >= 4 is 5.78 Å². The van der Waals surface area contributed by atoms with Gasteiger partial charge in [-0.05, 0) is 42.4 Å². The molecular formula is C14H22O. The first-order valence-corrected chi connectivity index (χ1v) is 6.05. The molecule has 0 amide bonds. The van der Waals surface area contributed by atoms with Crippen LogP contribution >= 0.6 is 0 Å². The molecule has 1 saturated carbocycles. The molecule has 0 aliphatic heterocycles. The molecule has 0 spiro atoms. The van der Waals surface area contributed by atoms with Crippen molar-refractivity contribution in [3.63, 3.8) is 0 Å². The molecule has 0 aromatic heterocycles. The van der Waals surface area contributed by atoms with Crippen LogP contribution in [0.1, 0.15) is 53.4 Å². The van der Waals surface area contributed by atoms with Crippen molar-refractivity contribution in [3.05, 3.63) is 12.2 Å². The van der Waals surface area contributed by atoms with E-state index in [4.69, 9.17) is 0 Å². The second-order valence-electron chi connectivity index (χ2n) is 6.01. The predicted octanol–water partition coefficient (Wildman–Crippen LogP) is 3.74. The van der Waals surface area contributed by atoms with Crippen LogP contribution in [0.2, 0.25) is 0 Å². The second-order valence-corrected chi connectivity index (χ2v) is 6.01. The number of Topliss-reactive ketones (excluding diaryl/α,β-unsaturated/α-hetero) is 1. The highest BCUT2D eigenvalue weighted by molar-refractivity contribution is 5.75. The Hall–Kier alpha value is -0.590. The van der Waals surface area contributed by atoms with Gasteiger partial charge in [-0.15, -0.1) is 0 Å². The average molecular weight is 206 g/mol. The number of carbonyl (C=O) groups excluding carboxylic acids is 1. The third-order valence-corrected chi connectivity index (χ3v) is 5.69. The smallest absolute Gasteiger partial charge is 0.129 e. The van der Waals surface area contributed by atoms with E-state index in [0.717, 1.165) is 12.8 Å². The van der Waals surface area contributed by atoms with Crippen molar-refractivity contribution in [1.29, 1.82) is 0 Å². The lowest BCUT2D eigenvalue weighted by atomic mass is 9.86. The van der Waals surface area contributed by atoms with Gasteiger partial charge < -0.3 is 4.79 Å². The van der Waals surface area contributed by atoms with E-state index >= 15 is 0 Å². The maximum absolute atomic E-state index is 11.1. The number of carbonyl (C=O) groups is 1. The van der Waals surface area contributed by atoms with Crippen LogP contribution in [-0.2, 0) is 4.79 Å². The lowest BCUT2D eigenvalue weighted by molar-refractivity contribution is -0.117. The molecule has 15 heavy (non-hydrogen) atoms. The standard InChI is InChI=1S/C14H22O/c1-11(15)7-10-14(4)12(2)8-5-6-9-13(12,14)3/h5,8H,6-7,9-10H2,1-4H3/t12-,13+,14+/m1/s1. The van der Waals surface area contributed by atoms with Gasteiger partial charge in [0, 0.05) is 6.42 Å². The number of fused-ring (bicyclic) bond motifs is 1. The van der Waals surface area contributed by atoms with Crippen LogP contribution in [0.4, 0.5) is 0 Å². The summed E-state index contributed by atoms with van der Waals surface area (Å²) < 4.78 is 0. The van der Waals surface area contributed by atoms with E-state index in [0.29, 0.717) is 22.0 Å². The SMILES string of the molecule is CC(=O)CC[C@@]1(C)[C@]2(C)C=CCC[C@@]21C. The molecule has 0 radical (unpaired) electrons. The molecule has 0 aromatic rings. The van der Waals surface area contributed by atoms with Crippen molar-refractivity contribution in [3.8, 4) is 0 Å². The van der Waals surface area contributed by atoms with E-state index in [2.05, 4.69) is 32.9 Å². The van der Waals surface area contributed by atoms with Gasteiger partial charge in [-0.1, -0.05) is 32.9 Å². The third-order valence-electron chi connectivity index (χ3n) is 5.69. The Labute approximate surface area is 92.9 Å². The van der Waals surface area contributed by atoms with Crippen LogP contribution < -0.4 is 0 Å². The van der Waals surface area contributed by atoms with Crippen LogP contribution in [0.15, 0.2) is 12.2 Å². The van der Waals surface area contributed by atoms with Crippen LogP contribution in [-0.4, -0.2) is 5.78 Å². The topological polar surface area (TPSA) is 17.1 Å². The number of rotatable bonds is 3. The Kier molecular flexibility index (Phi) is 2.15. The Balaban J connectivity index is 2.18. The largest absolute Gasteiger partial charge is 0.300 e. The Bertz CT molecular complexity index is 330. The number of allylic oxidation sites excluding steroid dienone is 2. The van der Waals surface area contributed by atoms with Crippen LogP contribution in [0, 0.1) is 16.2 Å². The van der Waals surface area contributed by atoms with Gasteiger partial charge in [0.15, 0.2) is 0 Å². The molecule has 84 valence electrons. The van der Waals surface area contributed by atoms with Crippen molar-refractivity contribution < 1.29 is 4.79 Å². The lowest BCUT2D eigenvalue weighted by Crippen LogP contribution is -2.09. The minimum absolute atomic E-state index is 0.330. The molecule has 0 saturated heterocycles. The van der Waals surface area contributed by atoms with E-state index in [1.165, 1.54) is 12.8 Å². The van der Waals surface area contributed by atoms with Crippen molar-refractivity contribution in [1.82, 2.24) is 0 Å². The quantitative estimate of drug-likeness (QED) is 0.643. The summed E-state index contributed by atoms with van der Waals surface area (Å²) in [6.07, 6.45) is 9.02. The average Bonchev–Trinajstić information content (AvgIpc) is 2.57. The number of ketones is 1. The summed E-state index contributed by atoms with van der Waals surface area (Å²) >= 11 is 0. The Morgan fingerprint density at radius 2 is 2.00 bits per heavy atom. The van der Waals surface area contributed by atoms with E-state index in [1.807, 2.05) is 0 Å². The molecule has 2 rings (SSSR count). The normalized spacial score (nSPS) is 47.5. The van der Waals surface area contributed by atoms with Crippen molar-refractivity contribution in [2.24, 2.45) is 16.2 Å². The van der Waals surface area contributed by atoms with Gasteiger partial charge >= 0.3 is 0 Å². The summed E-state index contributed by atoms with van der Waals surface area (Å²) in [6.45, 7) is 8.83. The fourth-order valence-corrected chi connectivity index (χ4v) is 3.91. The maximum Gasteiger partial charge on any atom is 0.129 e. The van der Waals surface area contributed by atoms with Crippen molar-refractivity contribution in [2.45, 2.75) is 53.4 Å². The molecule has 0 heterocycles. The van der Waals surface area contributed by atoms with Crippen LogP contribution in [0.25, 0.3) is 0 Å². The van der Waals surface area contributed by atoms with E-state index < -0.39 is 0 Å². The molecule has 1 heteroatoms.